The van der Waals surface area contributed by atoms with Crippen LogP contribution in [0.3, 0.4) is 0 Å². The summed E-state index contributed by atoms with van der Waals surface area (Å²) in [6.07, 6.45) is 0. The van der Waals surface area contributed by atoms with Gasteiger partial charge in [-0.05, 0) is 79.1 Å². The van der Waals surface area contributed by atoms with Crippen LogP contribution in [0.1, 0.15) is 72.9 Å². The van der Waals surface area contributed by atoms with Crippen LogP contribution in [-0.4, -0.2) is 8.07 Å². The highest BCUT2D eigenvalue weighted by atomic mass is 28.3. The van der Waals surface area contributed by atoms with Crippen LogP contribution in [0.2, 0.25) is 0 Å². The molecule has 1 heteroatoms. The monoisotopic (exact) mass is 620 g/mol. The maximum absolute atomic E-state index is 2.87. The third-order valence-electron chi connectivity index (χ3n) is 11.1. The summed E-state index contributed by atoms with van der Waals surface area (Å²) in [5, 5.41) is 5.89. The van der Waals surface area contributed by atoms with Crippen LogP contribution in [0.15, 0.2) is 169 Å². The molecule has 0 heterocycles. The first-order valence-corrected chi connectivity index (χ1v) is 18.9. The molecule has 2 unspecified atom stereocenters. The second-order valence-electron chi connectivity index (χ2n) is 13.3. The molecule has 6 aromatic rings. The molecule has 228 valence electrons. The first kappa shape index (κ1) is 29.4. The van der Waals surface area contributed by atoms with Crippen LogP contribution < -0.4 is 20.7 Å². The Kier molecular flexibility index (Phi) is 7.31. The zero-order valence-electron chi connectivity index (χ0n) is 27.7. The first-order chi connectivity index (χ1) is 23.0. The third kappa shape index (κ3) is 4.41. The minimum absolute atomic E-state index is 0.310. The summed E-state index contributed by atoms with van der Waals surface area (Å²) in [4.78, 5) is 0. The second kappa shape index (κ2) is 11.7. The second-order valence-corrected chi connectivity index (χ2v) is 17.0. The van der Waals surface area contributed by atoms with Crippen molar-refractivity contribution in [3.05, 3.63) is 202 Å². The van der Waals surface area contributed by atoms with E-state index >= 15 is 0 Å². The molecule has 0 N–H and O–H groups in total. The van der Waals surface area contributed by atoms with E-state index in [0.29, 0.717) is 11.8 Å². The molecule has 0 bridgehead atoms. The van der Waals surface area contributed by atoms with E-state index in [1.165, 1.54) is 76.4 Å². The standard InChI is InChI=1S/C46H40Si/c1-31-33(3)45-39(43(31)35-19-9-5-10-20-35)27-17-29-41(45)47(37-23-13-7-14-24-37,38-25-15-8-16-26-38)42-30-18-28-40-44(32(2)34(4)46(40)42)36-21-11-6-12-22-36/h5-30,33-34H,1-4H3. The molecule has 6 aromatic carbocycles. The Morgan fingerprint density at radius 3 is 1.09 bits per heavy atom. The molecule has 2 atom stereocenters. The van der Waals surface area contributed by atoms with Gasteiger partial charge in [0.25, 0.3) is 0 Å². The Balaban J connectivity index is 1.49. The van der Waals surface area contributed by atoms with Gasteiger partial charge < -0.3 is 0 Å². The molecule has 0 spiro atoms. The Bertz CT molecular complexity index is 2000. The fraction of sp³-hybridized carbons (Fsp3) is 0.130. The van der Waals surface area contributed by atoms with Gasteiger partial charge in [-0.15, -0.1) is 0 Å². The molecule has 8 rings (SSSR count). The van der Waals surface area contributed by atoms with Crippen molar-refractivity contribution in [2.45, 2.75) is 39.5 Å². The number of fused-ring (bicyclic) bond motifs is 2. The molecule has 2 aliphatic rings. The summed E-state index contributed by atoms with van der Waals surface area (Å²) in [5.74, 6) is 0.620. The van der Waals surface area contributed by atoms with Gasteiger partial charge in [0.1, 0.15) is 0 Å². The molecule has 0 aromatic heterocycles. The lowest BCUT2D eigenvalue weighted by atomic mass is 9.98. The van der Waals surface area contributed by atoms with E-state index in [0.717, 1.165) is 0 Å². The summed E-state index contributed by atoms with van der Waals surface area (Å²) in [7, 11) is -2.87. The van der Waals surface area contributed by atoms with E-state index in [1.54, 1.807) is 0 Å². The van der Waals surface area contributed by atoms with E-state index in [4.69, 9.17) is 0 Å². The highest BCUT2D eigenvalue weighted by Gasteiger charge is 2.48. The molecule has 0 saturated heterocycles. The normalized spacial score (nSPS) is 17.2. The van der Waals surface area contributed by atoms with E-state index in [-0.39, 0.29) is 0 Å². The fourth-order valence-electron chi connectivity index (χ4n) is 8.73. The minimum atomic E-state index is -2.87. The van der Waals surface area contributed by atoms with Crippen molar-refractivity contribution >= 4 is 40.0 Å². The van der Waals surface area contributed by atoms with Crippen LogP contribution >= 0.6 is 0 Å². The Hall–Kier alpha value is -4.98. The topological polar surface area (TPSA) is 0 Å². The molecule has 47 heavy (non-hydrogen) atoms. The predicted octanol–water partition coefficient (Wildman–Crippen LogP) is 8.94. The van der Waals surface area contributed by atoms with Crippen molar-refractivity contribution in [3.8, 4) is 0 Å². The number of hydrogen-bond acceptors (Lipinski definition) is 0. The largest absolute Gasteiger partial charge is 0.180 e. The van der Waals surface area contributed by atoms with Crippen molar-refractivity contribution in [1.82, 2.24) is 0 Å². The van der Waals surface area contributed by atoms with Crippen LogP contribution in [0.4, 0.5) is 0 Å². The summed E-state index contributed by atoms with van der Waals surface area (Å²) in [6, 6.07) is 59.4. The molecular weight excluding hydrogens is 581 g/mol. The molecule has 0 fully saturated rings. The lowest BCUT2D eigenvalue weighted by Crippen LogP contribution is -2.76. The summed E-state index contributed by atoms with van der Waals surface area (Å²) in [5.41, 5.74) is 14.1. The van der Waals surface area contributed by atoms with Crippen LogP contribution in [0.25, 0.3) is 11.1 Å². The van der Waals surface area contributed by atoms with Crippen molar-refractivity contribution in [1.29, 1.82) is 0 Å². The van der Waals surface area contributed by atoms with Gasteiger partial charge in [0.15, 0.2) is 8.07 Å². The average molecular weight is 621 g/mol. The molecule has 2 aliphatic carbocycles. The Morgan fingerprint density at radius 1 is 0.383 bits per heavy atom. The molecule has 0 aliphatic heterocycles. The van der Waals surface area contributed by atoms with Crippen molar-refractivity contribution in [3.63, 3.8) is 0 Å². The van der Waals surface area contributed by atoms with E-state index in [2.05, 4.69) is 185 Å². The van der Waals surface area contributed by atoms with E-state index < -0.39 is 8.07 Å². The fourth-order valence-corrected chi connectivity index (χ4v) is 14.2. The average Bonchev–Trinajstić information content (AvgIpc) is 3.55. The summed E-state index contributed by atoms with van der Waals surface area (Å²) < 4.78 is 0. The maximum Gasteiger partial charge on any atom is 0.180 e. The SMILES string of the molecule is CC1=C(c2ccccc2)c2cccc([Si](c3ccccc3)(c3ccccc3)c3cccc4c3C(C)C(C)=C4c3ccccc3)c2C1C. The zero-order chi connectivity index (χ0) is 32.1. The smallest absolute Gasteiger partial charge is 0.0623 e. The van der Waals surface area contributed by atoms with Gasteiger partial charge in [0.05, 0.1) is 0 Å². The molecule has 0 nitrogen and oxygen atoms in total. The lowest BCUT2D eigenvalue weighted by molar-refractivity contribution is 0.923. The van der Waals surface area contributed by atoms with Crippen LogP contribution in [0, 0.1) is 0 Å². The van der Waals surface area contributed by atoms with Crippen molar-refractivity contribution < 1.29 is 0 Å². The minimum Gasteiger partial charge on any atom is -0.0623 e. The van der Waals surface area contributed by atoms with Gasteiger partial charge >= 0.3 is 0 Å². The quantitative estimate of drug-likeness (QED) is 0.129. The van der Waals surface area contributed by atoms with E-state index in [9.17, 15) is 0 Å². The highest BCUT2D eigenvalue weighted by molar-refractivity contribution is 7.20. The molecule has 0 saturated carbocycles. The zero-order valence-corrected chi connectivity index (χ0v) is 28.7. The first-order valence-electron chi connectivity index (χ1n) is 16.9. The van der Waals surface area contributed by atoms with Crippen molar-refractivity contribution in [2.75, 3.05) is 0 Å². The number of allylic oxidation sites excluding steroid dienone is 2. The maximum atomic E-state index is 2.49. The van der Waals surface area contributed by atoms with Gasteiger partial charge in [0.2, 0.25) is 0 Å². The van der Waals surface area contributed by atoms with Gasteiger partial charge in [-0.1, -0.05) is 183 Å². The van der Waals surface area contributed by atoms with Gasteiger partial charge in [-0.2, -0.15) is 0 Å². The molecule has 0 amide bonds. The third-order valence-corrected chi connectivity index (χ3v) is 15.9. The van der Waals surface area contributed by atoms with Crippen LogP contribution in [-0.2, 0) is 0 Å². The lowest BCUT2D eigenvalue weighted by Gasteiger charge is -2.38. The summed E-state index contributed by atoms with van der Waals surface area (Å²) >= 11 is 0. The highest BCUT2D eigenvalue weighted by Crippen LogP contribution is 2.46. The summed E-state index contributed by atoms with van der Waals surface area (Å²) in [6.45, 7) is 9.57. The Labute approximate surface area is 280 Å². The van der Waals surface area contributed by atoms with Crippen molar-refractivity contribution in [2.24, 2.45) is 0 Å². The number of benzene rings is 6. The van der Waals surface area contributed by atoms with Gasteiger partial charge in [-0.3, -0.25) is 0 Å². The molecule has 0 radical (unpaired) electrons. The molecular formula is C46H40Si. The number of rotatable bonds is 6. The number of hydrogen-bond donors (Lipinski definition) is 0. The Morgan fingerprint density at radius 2 is 0.723 bits per heavy atom. The van der Waals surface area contributed by atoms with Gasteiger partial charge in [0, 0.05) is 11.8 Å². The van der Waals surface area contributed by atoms with Gasteiger partial charge in [-0.25, -0.2) is 0 Å². The van der Waals surface area contributed by atoms with Crippen LogP contribution in [0.5, 0.6) is 0 Å². The van der Waals surface area contributed by atoms with E-state index in [1.807, 2.05) is 0 Å². The predicted molar refractivity (Wildman–Crippen MR) is 203 cm³/mol.